The molecule has 0 saturated heterocycles. The molecule has 0 aliphatic heterocycles. The standard InChI is InChI=1S/C27H46O/c1-18(2)7-6-8-19(3)23-11-12-24-22-10-9-20-17-21(28)13-15-26(20,4)25(22)14-16-27(23,24)5/h9,18-19,21-25,28H,6-8,10-17H2,1-5H3/t19?,21-,22?,23+,24?,25?,26-,27+/m0/s1. The molecule has 3 fully saturated rings. The maximum absolute atomic E-state index is 10.2. The normalized spacial score (nSPS) is 46.5. The van der Waals surface area contributed by atoms with Gasteiger partial charge in [-0.2, -0.15) is 0 Å². The number of hydrogen-bond acceptors (Lipinski definition) is 1. The van der Waals surface area contributed by atoms with Crippen molar-refractivity contribution in [2.75, 3.05) is 0 Å². The van der Waals surface area contributed by atoms with Crippen LogP contribution >= 0.6 is 0 Å². The van der Waals surface area contributed by atoms with Crippen LogP contribution < -0.4 is 0 Å². The number of rotatable bonds is 5. The zero-order valence-electron chi connectivity index (χ0n) is 19.3. The fourth-order valence-electron chi connectivity index (χ4n) is 8.67. The van der Waals surface area contributed by atoms with E-state index in [9.17, 15) is 5.11 Å². The number of fused-ring (bicyclic) bond motifs is 5. The van der Waals surface area contributed by atoms with Gasteiger partial charge < -0.3 is 5.11 Å². The lowest BCUT2D eigenvalue weighted by atomic mass is 9.47. The van der Waals surface area contributed by atoms with E-state index in [1.165, 1.54) is 57.8 Å². The van der Waals surface area contributed by atoms with Crippen LogP contribution in [0.15, 0.2) is 11.6 Å². The molecule has 1 N–H and O–H groups in total. The summed E-state index contributed by atoms with van der Waals surface area (Å²) in [7, 11) is 0. The molecule has 0 aromatic rings. The molecule has 0 bridgehead atoms. The van der Waals surface area contributed by atoms with Crippen LogP contribution in [0.5, 0.6) is 0 Å². The van der Waals surface area contributed by atoms with Crippen LogP contribution in [0.3, 0.4) is 0 Å². The van der Waals surface area contributed by atoms with Gasteiger partial charge >= 0.3 is 0 Å². The van der Waals surface area contributed by atoms with Gasteiger partial charge in [0.1, 0.15) is 0 Å². The molecular formula is C27H46O. The van der Waals surface area contributed by atoms with Crippen molar-refractivity contribution in [3.05, 3.63) is 11.6 Å². The summed E-state index contributed by atoms with van der Waals surface area (Å²) in [6, 6.07) is 0. The van der Waals surface area contributed by atoms with Gasteiger partial charge in [0, 0.05) is 0 Å². The molecule has 0 aromatic carbocycles. The summed E-state index contributed by atoms with van der Waals surface area (Å²) in [5.41, 5.74) is 2.60. The summed E-state index contributed by atoms with van der Waals surface area (Å²) >= 11 is 0. The number of allylic oxidation sites excluding steroid dienone is 1. The topological polar surface area (TPSA) is 20.2 Å². The smallest absolute Gasteiger partial charge is 0.0577 e. The van der Waals surface area contributed by atoms with E-state index in [4.69, 9.17) is 0 Å². The third-order valence-corrected chi connectivity index (χ3v) is 10.3. The SMILES string of the molecule is CC(C)CCCC(C)[C@H]1CCC2C3CC=C4C[C@@H](O)CC[C@]4(C)C3CC[C@@]21C. The van der Waals surface area contributed by atoms with Gasteiger partial charge in [-0.15, -0.1) is 0 Å². The summed E-state index contributed by atoms with van der Waals surface area (Å²) in [4.78, 5) is 0. The van der Waals surface area contributed by atoms with Crippen LogP contribution in [-0.4, -0.2) is 11.2 Å². The largest absolute Gasteiger partial charge is 0.393 e. The van der Waals surface area contributed by atoms with Crippen molar-refractivity contribution in [3.63, 3.8) is 0 Å². The molecule has 8 atom stereocenters. The van der Waals surface area contributed by atoms with E-state index in [0.717, 1.165) is 48.3 Å². The Balaban J connectivity index is 1.49. The second kappa shape index (κ2) is 7.75. The van der Waals surface area contributed by atoms with Gasteiger partial charge in [0.15, 0.2) is 0 Å². The Morgan fingerprint density at radius 1 is 1.00 bits per heavy atom. The molecule has 0 heterocycles. The fraction of sp³-hybridized carbons (Fsp3) is 0.926. The molecule has 28 heavy (non-hydrogen) atoms. The summed E-state index contributed by atoms with van der Waals surface area (Å²) in [5.74, 6) is 5.46. The van der Waals surface area contributed by atoms with Gasteiger partial charge in [0.2, 0.25) is 0 Å². The zero-order chi connectivity index (χ0) is 20.1. The Morgan fingerprint density at radius 3 is 2.54 bits per heavy atom. The highest BCUT2D eigenvalue weighted by Crippen LogP contribution is 2.67. The fourth-order valence-corrected chi connectivity index (χ4v) is 8.67. The minimum atomic E-state index is -0.0766. The first-order chi connectivity index (χ1) is 13.3. The molecule has 3 saturated carbocycles. The number of hydrogen-bond donors (Lipinski definition) is 1. The third kappa shape index (κ3) is 3.42. The Kier molecular flexibility index (Phi) is 5.80. The van der Waals surface area contributed by atoms with E-state index >= 15 is 0 Å². The van der Waals surface area contributed by atoms with E-state index in [2.05, 4.69) is 40.7 Å². The first kappa shape index (κ1) is 21.0. The lowest BCUT2D eigenvalue weighted by Gasteiger charge is -2.58. The van der Waals surface area contributed by atoms with Crippen LogP contribution in [0.4, 0.5) is 0 Å². The lowest BCUT2D eigenvalue weighted by molar-refractivity contribution is -0.0573. The van der Waals surface area contributed by atoms with Gasteiger partial charge in [-0.05, 0) is 97.7 Å². The summed E-state index contributed by atoms with van der Waals surface area (Å²) in [6.45, 7) is 12.6. The molecule has 0 spiro atoms. The molecule has 4 rings (SSSR count). The quantitative estimate of drug-likeness (QED) is 0.488. The minimum Gasteiger partial charge on any atom is -0.393 e. The second-order valence-corrected chi connectivity index (χ2v) is 12.2. The first-order valence-electron chi connectivity index (χ1n) is 12.6. The maximum Gasteiger partial charge on any atom is 0.0577 e. The molecule has 0 radical (unpaired) electrons. The van der Waals surface area contributed by atoms with E-state index in [1.807, 2.05) is 0 Å². The summed E-state index contributed by atoms with van der Waals surface area (Å²) in [6.07, 6.45) is 17.2. The van der Waals surface area contributed by atoms with Crippen molar-refractivity contribution in [1.82, 2.24) is 0 Å². The van der Waals surface area contributed by atoms with Gasteiger partial charge in [0.05, 0.1) is 6.10 Å². The molecule has 4 unspecified atom stereocenters. The summed E-state index contributed by atoms with van der Waals surface area (Å²) < 4.78 is 0. The van der Waals surface area contributed by atoms with Crippen molar-refractivity contribution in [2.24, 2.45) is 46.3 Å². The minimum absolute atomic E-state index is 0.0766. The molecule has 0 aromatic heterocycles. The molecule has 4 aliphatic rings. The van der Waals surface area contributed by atoms with Crippen LogP contribution in [-0.2, 0) is 0 Å². The van der Waals surface area contributed by atoms with Gasteiger partial charge in [0.25, 0.3) is 0 Å². The highest BCUT2D eigenvalue weighted by Gasteiger charge is 2.59. The highest BCUT2D eigenvalue weighted by molar-refractivity contribution is 5.25. The molecular weight excluding hydrogens is 340 g/mol. The van der Waals surface area contributed by atoms with E-state index in [1.54, 1.807) is 5.57 Å². The average molecular weight is 387 g/mol. The van der Waals surface area contributed by atoms with Crippen LogP contribution in [0.1, 0.15) is 105 Å². The zero-order valence-corrected chi connectivity index (χ0v) is 19.3. The Morgan fingerprint density at radius 2 is 1.79 bits per heavy atom. The Bertz CT molecular complexity index is 591. The molecule has 1 nitrogen and oxygen atoms in total. The molecule has 160 valence electrons. The Labute approximate surface area is 174 Å². The van der Waals surface area contributed by atoms with Crippen LogP contribution in [0.25, 0.3) is 0 Å². The highest BCUT2D eigenvalue weighted by atomic mass is 16.3. The van der Waals surface area contributed by atoms with Crippen LogP contribution in [0, 0.1) is 46.3 Å². The average Bonchev–Trinajstić information content (AvgIpc) is 2.99. The predicted molar refractivity (Wildman–Crippen MR) is 119 cm³/mol. The van der Waals surface area contributed by atoms with Crippen molar-refractivity contribution < 1.29 is 5.11 Å². The Hall–Kier alpha value is -0.300. The number of aliphatic hydroxyl groups excluding tert-OH is 1. The van der Waals surface area contributed by atoms with Crippen molar-refractivity contribution >= 4 is 0 Å². The molecule has 1 heteroatoms. The van der Waals surface area contributed by atoms with E-state index in [-0.39, 0.29) is 6.10 Å². The van der Waals surface area contributed by atoms with E-state index < -0.39 is 0 Å². The second-order valence-electron chi connectivity index (χ2n) is 12.2. The molecule has 0 amide bonds. The van der Waals surface area contributed by atoms with E-state index in [0.29, 0.717) is 10.8 Å². The van der Waals surface area contributed by atoms with Gasteiger partial charge in [-0.25, -0.2) is 0 Å². The van der Waals surface area contributed by atoms with Gasteiger partial charge in [-0.3, -0.25) is 0 Å². The van der Waals surface area contributed by atoms with Crippen molar-refractivity contribution in [1.29, 1.82) is 0 Å². The predicted octanol–water partition coefficient (Wildman–Crippen LogP) is 7.39. The van der Waals surface area contributed by atoms with Crippen LogP contribution in [0.2, 0.25) is 0 Å². The third-order valence-electron chi connectivity index (χ3n) is 10.3. The number of aliphatic hydroxyl groups is 1. The van der Waals surface area contributed by atoms with Crippen molar-refractivity contribution in [2.45, 2.75) is 111 Å². The summed E-state index contributed by atoms with van der Waals surface area (Å²) in [5, 5.41) is 10.2. The molecule has 4 aliphatic carbocycles. The maximum atomic E-state index is 10.2. The monoisotopic (exact) mass is 386 g/mol. The first-order valence-corrected chi connectivity index (χ1v) is 12.6. The lowest BCUT2D eigenvalue weighted by Crippen LogP contribution is -2.50. The van der Waals surface area contributed by atoms with Crippen molar-refractivity contribution in [3.8, 4) is 0 Å². The van der Waals surface area contributed by atoms with Gasteiger partial charge in [-0.1, -0.05) is 65.5 Å².